The number of pyridine rings is 1. The lowest BCUT2D eigenvalue weighted by Crippen LogP contribution is -2.35. The first-order chi connectivity index (χ1) is 20.5. The van der Waals surface area contributed by atoms with Crippen molar-refractivity contribution in [1.82, 2.24) is 25.2 Å². The third kappa shape index (κ3) is 7.74. The number of methoxy groups -OCH3 is 1. The van der Waals surface area contributed by atoms with Crippen LogP contribution in [-0.2, 0) is 22.5 Å². The second-order valence-electron chi connectivity index (χ2n) is 9.29. The van der Waals surface area contributed by atoms with Crippen LogP contribution in [0.4, 0.5) is 10.1 Å². The number of thiocarbonyl (C=S) groups is 1. The fourth-order valence-corrected chi connectivity index (χ4v) is 5.39. The van der Waals surface area contributed by atoms with Gasteiger partial charge >= 0.3 is 0 Å². The van der Waals surface area contributed by atoms with Crippen LogP contribution in [0.15, 0.2) is 79.4 Å². The van der Waals surface area contributed by atoms with Gasteiger partial charge in [0.05, 0.1) is 40.1 Å². The molecule has 9 nitrogen and oxygen atoms in total. The summed E-state index contributed by atoms with van der Waals surface area (Å²) >= 11 is 6.71. The minimum Gasteiger partial charge on any atom is -0.453 e. The summed E-state index contributed by atoms with van der Waals surface area (Å²) in [4.78, 5) is 22.2. The number of halogens is 1. The Kier molecular flexibility index (Phi) is 9.82. The van der Waals surface area contributed by atoms with Crippen molar-refractivity contribution in [1.29, 1.82) is 0 Å². The molecule has 12 heteroatoms. The molecule has 0 saturated heterocycles. The summed E-state index contributed by atoms with van der Waals surface area (Å²) in [7, 11) is 1.68. The predicted molar refractivity (Wildman–Crippen MR) is 167 cm³/mol. The van der Waals surface area contributed by atoms with E-state index in [1.165, 1.54) is 23.5 Å². The molecule has 0 saturated carbocycles. The van der Waals surface area contributed by atoms with Gasteiger partial charge in [0, 0.05) is 57.0 Å². The summed E-state index contributed by atoms with van der Waals surface area (Å²) in [5.74, 6) is -0.315. The molecule has 0 spiro atoms. The number of anilines is 1. The minimum absolute atomic E-state index is 0.0484. The topological polar surface area (TPSA) is 102 Å². The van der Waals surface area contributed by atoms with Gasteiger partial charge in [-0.1, -0.05) is 30.3 Å². The Labute approximate surface area is 251 Å². The molecule has 0 atom stereocenters. The molecule has 3 N–H and O–H groups in total. The van der Waals surface area contributed by atoms with E-state index in [0.29, 0.717) is 18.0 Å². The molecule has 216 valence electrons. The number of amides is 1. The highest BCUT2D eigenvalue weighted by Crippen LogP contribution is 2.39. The number of carbonyl (C=O) groups excluding carboxylic acids is 1. The third-order valence-corrected chi connectivity index (χ3v) is 7.53. The Balaban J connectivity index is 1.21. The number of hydrogen-bond donors (Lipinski definition) is 3. The number of carbonyl (C=O) groups is 1. The summed E-state index contributed by atoms with van der Waals surface area (Å²) in [6.07, 6.45) is 5.60. The lowest BCUT2D eigenvalue weighted by molar-refractivity contribution is -0.119. The van der Waals surface area contributed by atoms with Crippen molar-refractivity contribution < 1.29 is 18.7 Å². The number of ether oxygens (including phenoxy) is 2. The second-order valence-corrected chi connectivity index (χ2v) is 10.7. The number of aromatic nitrogens is 3. The number of fused-ring (bicyclic) bond motifs is 1. The number of thiophene rings is 1. The molecular formula is C30H29FN6O3S2. The zero-order chi connectivity index (χ0) is 29.3. The summed E-state index contributed by atoms with van der Waals surface area (Å²) in [6, 6.07) is 17.4. The van der Waals surface area contributed by atoms with Crippen LogP contribution in [0.25, 0.3) is 20.8 Å². The standard InChI is InChI=1S/C30H29FN6O3S2/c1-39-14-12-32-11-13-37-18-24(34-19-37)27-17-23-29(42-27)26(9-10-33-23)40-25-8-7-21(16-22(25)31)35-30(41)36-28(38)15-20-5-3-2-4-6-20/h2-10,16-19,32H,11-15H2,1H3,(H2,35,36,38,41). The first-order valence-corrected chi connectivity index (χ1v) is 14.4. The van der Waals surface area contributed by atoms with Crippen LogP contribution < -0.4 is 20.7 Å². The lowest BCUT2D eigenvalue weighted by atomic mass is 10.1. The quantitative estimate of drug-likeness (QED) is 0.129. The average molecular weight is 605 g/mol. The van der Waals surface area contributed by atoms with Crippen molar-refractivity contribution >= 4 is 50.5 Å². The van der Waals surface area contributed by atoms with Crippen molar-refractivity contribution in [2.24, 2.45) is 0 Å². The van der Waals surface area contributed by atoms with Gasteiger partial charge in [-0.25, -0.2) is 9.37 Å². The Morgan fingerprint density at radius 1 is 1.07 bits per heavy atom. The molecule has 0 radical (unpaired) electrons. The monoisotopic (exact) mass is 604 g/mol. The van der Waals surface area contributed by atoms with Crippen LogP contribution in [0.5, 0.6) is 11.5 Å². The highest BCUT2D eigenvalue weighted by Gasteiger charge is 2.15. The SMILES string of the molecule is COCCNCCn1cnc(-c2cc3nccc(Oc4ccc(NC(=S)NC(=O)Cc5ccccc5)cc4F)c3s2)c1. The van der Waals surface area contributed by atoms with Crippen molar-refractivity contribution in [3.8, 4) is 22.1 Å². The van der Waals surface area contributed by atoms with E-state index < -0.39 is 5.82 Å². The van der Waals surface area contributed by atoms with E-state index in [0.717, 1.165) is 46.0 Å². The van der Waals surface area contributed by atoms with Crippen LogP contribution in [0.3, 0.4) is 0 Å². The van der Waals surface area contributed by atoms with Gasteiger partial charge in [0.15, 0.2) is 16.7 Å². The van der Waals surface area contributed by atoms with Gasteiger partial charge in [-0.05, 0) is 36.0 Å². The molecule has 0 bridgehead atoms. The zero-order valence-corrected chi connectivity index (χ0v) is 24.4. The van der Waals surface area contributed by atoms with Gasteiger partial charge in [-0.3, -0.25) is 9.78 Å². The minimum atomic E-state index is -0.585. The summed E-state index contributed by atoms with van der Waals surface area (Å²) in [5.41, 5.74) is 2.81. The molecule has 0 fully saturated rings. The highest BCUT2D eigenvalue weighted by molar-refractivity contribution is 7.80. The third-order valence-electron chi connectivity index (χ3n) is 6.16. The van der Waals surface area contributed by atoms with E-state index in [4.69, 9.17) is 21.7 Å². The van der Waals surface area contributed by atoms with Crippen LogP contribution in [0.1, 0.15) is 5.56 Å². The molecule has 42 heavy (non-hydrogen) atoms. The number of rotatable bonds is 12. The van der Waals surface area contributed by atoms with Gasteiger partial charge in [-0.2, -0.15) is 0 Å². The second kappa shape index (κ2) is 14.1. The summed E-state index contributed by atoms with van der Waals surface area (Å²) < 4.78 is 28.9. The molecule has 0 unspecified atom stereocenters. The normalized spacial score (nSPS) is 11.0. The van der Waals surface area contributed by atoms with Crippen LogP contribution in [-0.4, -0.2) is 52.4 Å². The van der Waals surface area contributed by atoms with E-state index in [9.17, 15) is 4.79 Å². The summed E-state index contributed by atoms with van der Waals surface area (Å²) in [5, 5.41) is 8.85. The first kappa shape index (κ1) is 29.3. The maximum Gasteiger partial charge on any atom is 0.230 e. The largest absolute Gasteiger partial charge is 0.453 e. The number of hydrogen-bond acceptors (Lipinski definition) is 8. The van der Waals surface area contributed by atoms with Crippen LogP contribution in [0.2, 0.25) is 0 Å². The predicted octanol–water partition coefficient (Wildman–Crippen LogP) is 5.38. The maximum atomic E-state index is 15.0. The molecule has 0 aliphatic heterocycles. The highest BCUT2D eigenvalue weighted by atomic mass is 32.1. The number of nitrogens with zero attached hydrogens (tertiary/aromatic N) is 3. The van der Waals surface area contributed by atoms with Crippen molar-refractivity contribution in [2.45, 2.75) is 13.0 Å². The van der Waals surface area contributed by atoms with Gasteiger partial charge in [0.2, 0.25) is 5.91 Å². The fraction of sp³-hybridized carbons (Fsp3) is 0.200. The smallest absolute Gasteiger partial charge is 0.230 e. The van der Waals surface area contributed by atoms with Gasteiger partial charge < -0.3 is 30.0 Å². The Hall–Kier alpha value is -4.23. The molecular weight excluding hydrogens is 576 g/mol. The molecule has 0 aliphatic rings. The van der Waals surface area contributed by atoms with Crippen molar-refractivity contribution in [3.63, 3.8) is 0 Å². The first-order valence-electron chi connectivity index (χ1n) is 13.2. The molecule has 0 aliphatic carbocycles. The van der Waals surface area contributed by atoms with E-state index in [-0.39, 0.29) is 23.2 Å². The van der Waals surface area contributed by atoms with E-state index in [1.54, 1.807) is 31.8 Å². The van der Waals surface area contributed by atoms with E-state index in [2.05, 4.69) is 25.9 Å². The molecule has 3 heterocycles. The summed E-state index contributed by atoms with van der Waals surface area (Å²) in [6.45, 7) is 3.05. The van der Waals surface area contributed by atoms with Crippen LogP contribution in [0, 0.1) is 5.82 Å². The van der Waals surface area contributed by atoms with Crippen molar-refractivity contribution in [3.05, 3.63) is 90.8 Å². The van der Waals surface area contributed by atoms with E-state index in [1.807, 2.05) is 47.2 Å². The molecule has 1 amide bonds. The van der Waals surface area contributed by atoms with Crippen LogP contribution >= 0.6 is 23.6 Å². The molecule has 5 aromatic rings. The Morgan fingerprint density at radius 3 is 2.74 bits per heavy atom. The fourth-order valence-electron chi connectivity index (χ4n) is 4.13. The number of imidazole rings is 1. The van der Waals surface area contributed by atoms with Gasteiger partial charge in [-0.15, -0.1) is 11.3 Å². The van der Waals surface area contributed by atoms with E-state index >= 15 is 4.39 Å². The lowest BCUT2D eigenvalue weighted by Gasteiger charge is -2.12. The van der Waals surface area contributed by atoms with Gasteiger partial charge in [0.1, 0.15) is 5.75 Å². The van der Waals surface area contributed by atoms with Crippen molar-refractivity contribution in [2.75, 3.05) is 32.1 Å². The molecule has 2 aromatic carbocycles. The Morgan fingerprint density at radius 2 is 1.93 bits per heavy atom. The Bertz CT molecular complexity index is 1670. The average Bonchev–Trinajstić information content (AvgIpc) is 3.63. The van der Waals surface area contributed by atoms with Gasteiger partial charge in [0.25, 0.3) is 0 Å². The molecule has 3 aromatic heterocycles. The zero-order valence-electron chi connectivity index (χ0n) is 22.8. The molecule has 5 rings (SSSR count). The maximum absolute atomic E-state index is 15.0. The number of nitrogens with one attached hydrogen (secondary N) is 3. The number of benzene rings is 2.